The van der Waals surface area contributed by atoms with E-state index < -0.39 is 10.0 Å². The van der Waals surface area contributed by atoms with Gasteiger partial charge in [0.2, 0.25) is 10.0 Å². The van der Waals surface area contributed by atoms with Gasteiger partial charge in [0.1, 0.15) is 4.90 Å². The quantitative estimate of drug-likeness (QED) is 0.802. The Morgan fingerprint density at radius 1 is 1.47 bits per heavy atom. The van der Waals surface area contributed by atoms with Gasteiger partial charge in [-0.15, -0.1) is 0 Å². The van der Waals surface area contributed by atoms with E-state index in [0.717, 1.165) is 0 Å². The second kappa shape index (κ2) is 6.90. The van der Waals surface area contributed by atoms with Gasteiger partial charge in [-0.2, -0.15) is 0 Å². The van der Waals surface area contributed by atoms with Gasteiger partial charge in [-0.05, 0) is 42.0 Å². The summed E-state index contributed by atoms with van der Waals surface area (Å²) >= 11 is 9.12. The van der Waals surface area contributed by atoms with Gasteiger partial charge in [0, 0.05) is 17.6 Å². The predicted molar refractivity (Wildman–Crippen MR) is 79.4 cm³/mol. The largest absolute Gasteiger partial charge is 0.494 e. The topological polar surface area (TPSA) is 67.4 Å². The van der Waals surface area contributed by atoms with Gasteiger partial charge < -0.3 is 10.1 Å². The first kappa shape index (κ1) is 16.7. The first-order chi connectivity index (χ1) is 8.81. The van der Waals surface area contributed by atoms with Crippen molar-refractivity contribution in [2.75, 3.05) is 20.7 Å². The molecule has 0 aliphatic heterocycles. The molecule has 0 saturated heterocycles. The van der Waals surface area contributed by atoms with E-state index in [9.17, 15) is 8.42 Å². The predicted octanol–water partition coefficient (Wildman–Crippen LogP) is 2.00. The number of hydrogen-bond acceptors (Lipinski definition) is 4. The summed E-state index contributed by atoms with van der Waals surface area (Å²) in [7, 11) is -0.517. The molecule has 0 aliphatic carbocycles. The van der Waals surface area contributed by atoms with Crippen LogP contribution in [-0.4, -0.2) is 35.2 Å². The highest BCUT2D eigenvalue weighted by atomic mass is 79.9. The minimum atomic E-state index is -3.68. The summed E-state index contributed by atoms with van der Waals surface area (Å²) in [4.78, 5) is 0.0117. The molecule has 0 amide bonds. The average Bonchev–Trinajstić information content (AvgIpc) is 2.35. The zero-order chi connectivity index (χ0) is 14.6. The lowest BCUT2D eigenvalue weighted by atomic mass is 10.3. The fraction of sp³-hybridized carbons (Fsp3) is 0.455. The van der Waals surface area contributed by atoms with E-state index in [0.29, 0.717) is 9.50 Å². The monoisotopic (exact) mass is 370 g/mol. The Bertz CT molecular complexity index is 551. The van der Waals surface area contributed by atoms with Crippen molar-refractivity contribution in [1.82, 2.24) is 10.0 Å². The van der Waals surface area contributed by atoms with E-state index in [2.05, 4.69) is 26.0 Å². The molecule has 1 aromatic rings. The van der Waals surface area contributed by atoms with Crippen LogP contribution in [0, 0.1) is 0 Å². The van der Waals surface area contributed by atoms with Gasteiger partial charge >= 0.3 is 0 Å². The van der Waals surface area contributed by atoms with Crippen LogP contribution in [0.2, 0.25) is 5.02 Å². The summed E-state index contributed by atoms with van der Waals surface area (Å²) in [6.45, 7) is 2.14. The molecule has 0 bridgehead atoms. The molecule has 0 spiro atoms. The summed E-state index contributed by atoms with van der Waals surface area (Å²) in [6, 6.07) is 2.95. The van der Waals surface area contributed by atoms with Crippen LogP contribution in [0.15, 0.2) is 21.5 Å². The number of ether oxygens (including phenoxy) is 1. The molecular weight excluding hydrogens is 356 g/mol. The number of rotatable bonds is 6. The van der Waals surface area contributed by atoms with E-state index in [4.69, 9.17) is 16.3 Å². The SMILES string of the molecule is CNC(C)CNS(=O)(=O)c1cc(Cl)cc(Br)c1OC. The van der Waals surface area contributed by atoms with Crippen LogP contribution < -0.4 is 14.8 Å². The van der Waals surface area contributed by atoms with Crippen molar-refractivity contribution in [2.24, 2.45) is 0 Å². The fourth-order valence-electron chi connectivity index (χ4n) is 1.35. The Kier molecular flexibility index (Phi) is 6.07. The highest BCUT2D eigenvalue weighted by Crippen LogP contribution is 2.35. The highest BCUT2D eigenvalue weighted by molar-refractivity contribution is 9.10. The molecule has 2 N–H and O–H groups in total. The van der Waals surface area contributed by atoms with Crippen LogP contribution in [0.4, 0.5) is 0 Å². The summed E-state index contributed by atoms with van der Waals surface area (Å²) < 4.78 is 32.6. The highest BCUT2D eigenvalue weighted by Gasteiger charge is 2.22. The number of hydrogen-bond donors (Lipinski definition) is 2. The number of methoxy groups -OCH3 is 1. The molecule has 0 fully saturated rings. The standard InChI is InChI=1S/C11H16BrClN2O3S/c1-7(14-2)6-15-19(16,17)10-5-8(13)4-9(12)11(10)18-3/h4-5,7,14-15H,6H2,1-3H3. The van der Waals surface area contributed by atoms with E-state index in [1.807, 2.05) is 6.92 Å². The minimum absolute atomic E-state index is 0.0117. The summed E-state index contributed by atoms with van der Waals surface area (Å²) in [6.07, 6.45) is 0. The van der Waals surface area contributed by atoms with Gasteiger partial charge in [-0.1, -0.05) is 11.6 Å². The molecule has 1 atom stereocenters. The lowest BCUT2D eigenvalue weighted by Crippen LogP contribution is -2.37. The molecule has 0 radical (unpaired) electrons. The van der Waals surface area contributed by atoms with Crippen LogP contribution in [0.25, 0.3) is 0 Å². The van der Waals surface area contributed by atoms with Crippen molar-refractivity contribution in [2.45, 2.75) is 17.9 Å². The van der Waals surface area contributed by atoms with Crippen molar-refractivity contribution in [3.05, 3.63) is 21.6 Å². The third-order valence-corrected chi connectivity index (χ3v) is 4.78. The smallest absolute Gasteiger partial charge is 0.244 e. The maximum absolute atomic E-state index is 12.2. The second-order valence-electron chi connectivity index (χ2n) is 3.96. The maximum atomic E-state index is 12.2. The molecule has 1 unspecified atom stereocenters. The van der Waals surface area contributed by atoms with Crippen LogP contribution >= 0.6 is 27.5 Å². The first-order valence-electron chi connectivity index (χ1n) is 5.51. The Labute approximate surface area is 126 Å². The molecule has 108 valence electrons. The third kappa shape index (κ3) is 4.32. The molecule has 8 heteroatoms. The number of nitrogens with one attached hydrogen (secondary N) is 2. The summed E-state index contributed by atoms with van der Waals surface area (Å²) in [5.74, 6) is 0.231. The lowest BCUT2D eigenvalue weighted by Gasteiger charge is -2.15. The van der Waals surface area contributed by atoms with Gasteiger partial charge in [0.15, 0.2) is 5.75 Å². The number of benzene rings is 1. The van der Waals surface area contributed by atoms with Gasteiger partial charge in [-0.25, -0.2) is 13.1 Å². The van der Waals surface area contributed by atoms with Gasteiger partial charge in [0.25, 0.3) is 0 Å². The zero-order valence-corrected chi connectivity index (χ0v) is 14.0. The van der Waals surface area contributed by atoms with Crippen LogP contribution in [0.1, 0.15) is 6.92 Å². The van der Waals surface area contributed by atoms with Crippen molar-refractivity contribution in [3.63, 3.8) is 0 Å². The molecular formula is C11H16BrClN2O3S. The zero-order valence-electron chi connectivity index (χ0n) is 10.8. The van der Waals surface area contributed by atoms with Gasteiger partial charge in [0.05, 0.1) is 11.6 Å². The molecule has 0 heterocycles. The fourth-order valence-corrected chi connectivity index (χ4v) is 3.86. The minimum Gasteiger partial charge on any atom is -0.494 e. The Morgan fingerprint density at radius 3 is 2.63 bits per heavy atom. The van der Waals surface area contributed by atoms with Crippen LogP contribution in [0.5, 0.6) is 5.75 Å². The normalized spacial score (nSPS) is 13.3. The average molecular weight is 372 g/mol. The molecule has 1 aromatic carbocycles. The molecule has 1 rings (SSSR count). The van der Waals surface area contributed by atoms with E-state index in [1.54, 1.807) is 13.1 Å². The Hall–Kier alpha value is -0.340. The van der Waals surface area contributed by atoms with E-state index in [1.165, 1.54) is 13.2 Å². The molecule has 5 nitrogen and oxygen atoms in total. The number of sulfonamides is 1. The van der Waals surface area contributed by atoms with Crippen LogP contribution in [0.3, 0.4) is 0 Å². The lowest BCUT2D eigenvalue weighted by molar-refractivity contribution is 0.399. The Morgan fingerprint density at radius 2 is 2.11 bits per heavy atom. The van der Waals surface area contributed by atoms with E-state index in [-0.39, 0.29) is 23.2 Å². The number of halogens is 2. The molecule has 0 aromatic heterocycles. The van der Waals surface area contributed by atoms with Crippen molar-refractivity contribution in [1.29, 1.82) is 0 Å². The van der Waals surface area contributed by atoms with Crippen molar-refractivity contribution in [3.8, 4) is 5.75 Å². The first-order valence-corrected chi connectivity index (χ1v) is 8.17. The third-order valence-electron chi connectivity index (χ3n) is 2.54. The Balaban J connectivity index is 3.14. The summed E-state index contributed by atoms with van der Waals surface area (Å²) in [5, 5.41) is 3.26. The second-order valence-corrected chi connectivity index (χ2v) is 6.99. The number of likely N-dealkylation sites (N-methyl/N-ethyl adjacent to an activating group) is 1. The van der Waals surface area contributed by atoms with Crippen molar-refractivity contribution >= 4 is 37.6 Å². The van der Waals surface area contributed by atoms with Crippen molar-refractivity contribution < 1.29 is 13.2 Å². The molecule has 19 heavy (non-hydrogen) atoms. The molecule has 0 saturated carbocycles. The summed E-state index contributed by atoms with van der Waals surface area (Å²) in [5.41, 5.74) is 0. The molecule has 0 aliphatic rings. The van der Waals surface area contributed by atoms with Crippen LogP contribution in [-0.2, 0) is 10.0 Å². The maximum Gasteiger partial charge on any atom is 0.244 e. The van der Waals surface area contributed by atoms with E-state index >= 15 is 0 Å². The van der Waals surface area contributed by atoms with Gasteiger partial charge in [-0.3, -0.25) is 0 Å².